The predicted molar refractivity (Wildman–Crippen MR) is 110 cm³/mol. The fraction of sp³-hybridized carbons (Fsp3) is 0.364. The van der Waals surface area contributed by atoms with Gasteiger partial charge in [-0.15, -0.1) is 0 Å². The summed E-state index contributed by atoms with van der Waals surface area (Å²) in [4.78, 5) is 24.4. The molecule has 0 aliphatic carbocycles. The lowest BCUT2D eigenvalue weighted by atomic mass is 10.1. The monoisotopic (exact) mass is 384 g/mol. The number of para-hydroxylation sites is 1. The third-order valence-electron chi connectivity index (χ3n) is 4.45. The van der Waals surface area contributed by atoms with Gasteiger partial charge >= 0.3 is 12.0 Å². The summed E-state index contributed by atoms with van der Waals surface area (Å²) in [6, 6.07) is 10.3. The molecule has 150 valence electrons. The van der Waals surface area contributed by atoms with E-state index >= 15 is 0 Å². The van der Waals surface area contributed by atoms with Gasteiger partial charge in [-0.2, -0.15) is 0 Å². The van der Waals surface area contributed by atoms with E-state index in [0.29, 0.717) is 17.9 Å². The lowest BCUT2D eigenvalue weighted by Gasteiger charge is -2.15. The Bertz CT molecular complexity index is 833. The fourth-order valence-electron chi connectivity index (χ4n) is 2.64. The van der Waals surface area contributed by atoms with Crippen molar-refractivity contribution in [2.24, 2.45) is 0 Å². The van der Waals surface area contributed by atoms with Crippen LogP contribution in [-0.2, 0) is 4.74 Å². The van der Waals surface area contributed by atoms with E-state index < -0.39 is 12.0 Å². The second-order valence-electron chi connectivity index (χ2n) is 6.61. The molecule has 0 fully saturated rings. The minimum atomic E-state index is -0.461. The molecular formula is C22H28N2O4. The van der Waals surface area contributed by atoms with E-state index in [1.54, 1.807) is 24.3 Å². The van der Waals surface area contributed by atoms with Gasteiger partial charge in [0.1, 0.15) is 5.75 Å². The molecule has 2 rings (SSSR count). The van der Waals surface area contributed by atoms with E-state index in [0.717, 1.165) is 35.3 Å². The number of hydrogen-bond donors (Lipinski definition) is 2. The number of unbranched alkanes of at least 4 members (excludes halogenated alkanes) is 1. The minimum Gasteiger partial charge on any atom is -0.473 e. The molecule has 0 aliphatic rings. The Hall–Kier alpha value is -3.02. The molecule has 28 heavy (non-hydrogen) atoms. The van der Waals surface area contributed by atoms with E-state index in [1.807, 2.05) is 39.8 Å². The number of aryl methyl sites for hydroxylation is 2. The Labute approximate surface area is 166 Å². The number of ether oxygens (including phenoxy) is 2. The normalized spacial score (nSPS) is 10.3. The van der Waals surface area contributed by atoms with E-state index in [9.17, 15) is 9.59 Å². The highest BCUT2D eigenvalue weighted by molar-refractivity contribution is 6.00. The Morgan fingerprint density at radius 2 is 1.71 bits per heavy atom. The van der Waals surface area contributed by atoms with E-state index in [4.69, 9.17) is 9.47 Å². The van der Waals surface area contributed by atoms with Crippen molar-refractivity contribution in [1.82, 2.24) is 5.32 Å². The molecule has 2 amide bonds. The molecule has 0 spiro atoms. The second-order valence-corrected chi connectivity index (χ2v) is 6.61. The molecule has 0 bridgehead atoms. The Morgan fingerprint density at radius 1 is 1.00 bits per heavy atom. The van der Waals surface area contributed by atoms with E-state index in [2.05, 4.69) is 10.6 Å². The third kappa shape index (κ3) is 5.74. The first kappa shape index (κ1) is 21.3. The number of carbonyl (C=O) groups excluding carboxylic acids is 2. The third-order valence-corrected chi connectivity index (χ3v) is 4.45. The van der Waals surface area contributed by atoms with Crippen LogP contribution in [0.5, 0.6) is 5.75 Å². The van der Waals surface area contributed by atoms with Crippen LogP contribution in [0.4, 0.5) is 10.5 Å². The number of anilines is 1. The van der Waals surface area contributed by atoms with E-state index in [1.165, 1.54) is 0 Å². The smallest absolute Gasteiger partial charge is 0.340 e. The molecule has 0 heterocycles. The zero-order valence-electron chi connectivity index (χ0n) is 16.9. The van der Waals surface area contributed by atoms with Crippen molar-refractivity contribution in [3.63, 3.8) is 0 Å². The number of esters is 1. The molecule has 0 radical (unpaired) electrons. The number of nitrogens with one attached hydrogen (secondary N) is 2. The van der Waals surface area contributed by atoms with Crippen LogP contribution in [0.3, 0.4) is 0 Å². The average molecular weight is 384 g/mol. The van der Waals surface area contributed by atoms with Gasteiger partial charge in [-0.1, -0.05) is 37.6 Å². The summed E-state index contributed by atoms with van der Waals surface area (Å²) < 4.78 is 11.0. The maximum Gasteiger partial charge on any atom is 0.340 e. The first-order valence-corrected chi connectivity index (χ1v) is 9.44. The summed E-state index contributed by atoms with van der Waals surface area (Å²) >= 11 is 0. The first-order valence-electron chi connectivity index (χ1n) is 9.44. The van der Waals surface area contributed by atoms with Crippen LogP contribution in [0, 0.1) is 20.8 Å². The highest BCUT2D eigenvalue weighted by atomic mass is 16.5. The van der Waals surface area contributed by atoms with Gasteiger partial charge in [-0.25, -0.2) is 9.59 Å². The zero-order chi connectivity index (χ0) is 20.5. The average Bonchev–Trinajstić information content (AvgIpc) is 2.68. The molecule has 6 nitrogen and oxygen atoms in total. The molecular weight excluding hydrogens is 356 g/mol. The molecule has 0 aliphatic heterocycles. The summed E-state index contributed by atoms with van der Waals surface area (Å²) in [5, 5.41) is 5.33. The molecule has 2 N–H and O–H groups in total. The lowest BCUT2D eigenvalue weighted by Crippen LogP contribution is -2.32. The van der Waals surface area contributed by atoms with Gasteiger partial charge in [0.2, 0.25) is 0 Å². The number of hydrogen-bond acceptors (Lipinski definition) is 4. The van der Waals surface area contributed by atoms with Gasteiger partial charge in [0.15, 0.2) is 6.73 Å². The summed E-state index contributed by atoms with van der Waals surface area (Å²) in [5.41, 5.74) is 3.89. The van der Waals surface area contributed by atoms with Crippen molar-refractivity contribution in [2.45, 2.75) is 40.5 Å². The van der Waals surface area contributed by atoms with Crippen LogP contribution in [0.1, 0.15) is 46.8 Å². The van der Waals surface area contributed by atoms with Crippen molar-refractivity contribution in [3.05, 3.63) is 58.7 Å². The SMILES string of the molecule is CCCCOC(=O)c1ccccc1NC(=O)NCOc1c(C)ccc(C)c1C. The summed E-state index contributed by atoms with van der Waals surface area (Å²) in [7, 11) is 0. The fourth-order valence-corrected chi connectivity index (χ4v) is 2.64. The van der Waals surface area contributed by atoms with Crippen LogP contribution < -0.4 is 15.4 Å². The van der Waals surface area contributed by atoms with E-state index in [-0.39, 0.29) is 6.73 Å². The summed E-state index contributed by atoms with van der Waals surface area (Å²) in [5.74, 6) is 0.312. The highest BCUT2D eigenvalue weighted by Gasteiger charge is 2.14. The molecule has 6 heteroatoms. The number of urea groups is 1. The molecule has 0 unspecified atom stereocenters. The topological polar surface area (TPSA) is 76.7 Å². The van der Waals surface area contributed by atoms with Crippen molar-refractivity contribution >= 4 is 17.7 Å². The van der Waals surface area contributed by atoms with Crippen molar-refractivity contribution in [1.29, 1.82) is 0 Å². The predicted octanol–water partition coefficient (Wildman–Crippen LogP) is 4.73. The quantitative estimate of drug-likeness (QED) is 0.392. The summed E-state index contributed by atoms with van der Waals surface area (Å²) in [6.07, 6.45) is 1.74. The standard InChI is InChI=1S/C22H28N2O4/c1-5-6-13-27-21(25)18-9-7-8-10-19(18)24-22(26)23-14-28-20-16(3)12-11-15(2)17(20)4/h7-12H,5-6,13-14H2,1-4H3,(H2,23,24,26). The number of amides is 2. The van der Waals surface area contributed by atoms with Crippen LogP contribution in [0.25, 0.3) is 0 Å². The van der Waals surface area contributed by atoms with Crippen LogP contribution in [0.15, 0.2) is 36.4 Å². The summed E-state index contributed by atoms with van der Waals surface area (Å²) in [6.45, 7) is 8.35. The second kappa shape index (κ2) is 10.3. The van der Waals surface area contributed by atoms with Crippen molar-refractivity contribution in [2.75, 3.05) is 18.7 Å². The van der Waals surface area contributed by atoms with Crippen molar-refractivity contribution in [3.8, 4) is 5.75 Å². The Kier molecular flexibility index (Phi) is 7.87. The molecule has 0 saturated heterocycles. The maximum atomic E-state index is 12.2. The number of carbonyl (C=O) groups is 2. The lowest BCUT2D eigenvalue weighted by molar-refractivity contribution is 0.0501. The van der Waals surface area contributed by atoms with Gasteiger partial charge in [-0.05, 0) is 56.0 Å². The Balaban J connectivity index is 1.93. The first-order chi connectivity index (χ1) is 13.4. The zero-order valence-corrected chi connectivity index (χ0v) is 16.9. The van der Waals surface area contributed by atoms with Crippen LogP contribution in [0.2, 0.25) is 0 Å². The number of benzene rings is 2. The van der Waals surface area contributed by atoms with Gasteiger partial charge < -0.3 is 20.1 Å². The molecule has 0 saturated carbocycles. The molecule has 0 atom stereocenters. The van der Waals surface area contributed by atoms with Gasteiger partial charge in [0.05, 0.1) is 17.9 Å². The maximum absolute atomic E-state index is 12.2. The van der Waals surface area contributed by atoms with Crippen molar-refractivity contribution < 1.29 is 19.1 Å². The molecule has 2 aromatic rings. The number of rotatable bonds is 8. The largest absolute Gasteiger partial charge is 0.473 e. The van der Waals surface area contributed by atoms with Gasteiger partial charge in [0, 0.05) is 0 Å². The molecule has 0 aromatic heterocycles. The van der Waals surface area contributed by atoms with Crippen LogP contribution in [-0.4, -0.2) is 25.3 Å². The van der Waals surface area contributed by atoms with Crippen LogP contribution >= 0.6 is 0 Å². The molecule has 2 aromatic carbocycles. The minimum absolute atomic E-state index is 0.0140. The Morgan fingerprint density at radius 3 is 2.46 bits per heavy atom. The van der Waals surface area contributed by atoms with Gasteiger partial charge in [0.25, 0.3) is 0 Å². The van der Waals surface area contributed by atoms with Gasteiger partial charge in [-0.3, -0.25) is 0 Å². The highest BCUT2D eigenvalue weighted by Crippen LogP contribution is 2.25.